The first kappa shape index (κ1) is 28.1. The Bertz CT molecular complexity index is 1230. The van der Waals surface area contributed by atoms with Crippen LogP contribution in [0.25, 0.3) is 0 Å². The Labute approximate surface area is 230 Å². The van der Waals surface area contributed by atoms with E-state index in [2.05, 4.69) is 10.2 Å². The highest BCUT2D eigenvalue weighted by Crippen LogP contribution is 2.32. The van der Waals surface area contributed by atoms with E-state index in [1.165, 1.54) is 24.6 Å². The zero-order chi connectivity index (χ0) is 28.5. The summed E-state index contributed by atoms with van der Waals surface area (Å²) in [5.74, 6) is -2.22. The van der Waals surface area contributed by atoms with Crippen molar-refractivity contribution in [3.8, 4) is 0 Å². The standard InChI is InChI=1S/C26H30N8O6/c35-25(29-27-17-19-7-9-21(23(15-19)33(37)38)31-11-3-1-4-12-31)26(36)30-28-18-20-8-10-22(24(16-20)34(39)40)32-13-5-2-6-14-32/h7-10,15-18H,1-6,11-14H2,(H,29,35)(H,30,36)/b27-17-,28-18+. The van der Waals surface area contributed by atoms with E-state index in [4.69, 9.17) is 0 Å². The molecule has 14 heteroatoms. The van der Waals surface area contributed by atoms with E-state index in [1.807, 2.05) is 20.7 Å². The van der Waals surface area contributed by atoms with Crippen molar-refractivity contribution in [2.75, 3.05) is 36.0 Å². The second kappa shape index (κ2) is 13.3. The summed E-state index contributed by atoms with van der Waals surface area (Å²) in [7, 11) is 0. The van der Waals surface area contributed by atoms with Gasteiger partial charge in [-0.3, -0.25) is 29.8 Å². The molecule has 0 aliphatic carbocycles. The third-order valence-corrected chi connectivity index (χ3v) is 6.75. The van der Waals surface area contributed by atoms with Crippen LogP contribution >= 0.6 is 0 Å². The number of hydrazone groups is 2. The molecule has 14 nitrogen and oxygen atoms in total. The number of piperidine rings is 2. The maximum absolute atomic E-state index is 12.1. The van der Waals surface area contributed by atoms with E-state index < -0.39 is 21.7 Å². The smallest absolute Gasteiger partial charge is 0.331 e. The van der Waals surface area contributed by atoms with Gasteiger partial charge in [0.25, 0.3) is 11.4 Å². The van der Waals surface area contributed by atoms with Gasteiger partial charge >= 0.3 is 11.8 Å². The van der Waals surface area contributed by atoms with Crippen molar-refractivity contribution in [2.24, 2.45) is 10.2 Å². The van der Waals surface area contributed by atoms with Crippen LogP contribution in [0.4, 0.5) is 22.7 Å². The lowest BCUT2D eigenvalue weighted by Crippen LogP contribution is -2.35. The molecule has 2 aliphatic heterocycles. The second-order valence-electron chi connectivity index (χ2n) is 9.50. The van der Waals surface area contributed by atoms with Gasteiger partial charge in [-0.2, -0.15) is 10.2 Å². The average Bonchev–Trinajstić information content (AvgIpc) is 2.97. The molecule has 2 aromatic rings. The quantitative estimate of drug-likeness (QED) is 0.218. The number of rotatable bonds is 8. The molecule has 2 saturated heterocycles. The maximum Gasteiger partial charge on any atom is 0.331 e. The third kappa shape index (κ3) is 7.15. The number of carbonyl (C=O) groups excluding carboxylic acids is 2. The van der Waals surface area contributed by atoms with Crippen LogP contribution in [0.3, 0.4) is 0 Å². The van der Waals surface area contributed by atoms with E-state index in [0.29, 0.717) is 22.5 Å². The van der Waals surface area contributed by atoms with Gasteiger partial charge in [0.1, 0.15) is 11.4 Å². The summed E-state index contributed by atoms with van der Waals surface area (Å²) in [6.07, 6.45) is 8.50. The van der Waals surface area contributed by atoms with Gasteiger partial charge < -0.3 is 9.80 Å². The Kier molecular flexibility index (Phi) is 9.33. The predicted octanol–water partition coefficient (Wildman–Crippen LogP) is 3.08. The minimum absolute atomic E-state index is 0.0616. The highest BCUT2D eigenvalue weighted by atomic mass is 16.6. The fourth-order valence-corrected chi connectivity index (χ4v) is 4.77. The van der Waals surface area contributed by atoms with Gasteiger partial charge in [0.05, 0.1) is 22.3 Å². The number of nitro benzene ring substituents is 2. The van der Waals surface area contributed by atoms with E-state index in [1.54, 1.807) is 24.3 Å². The number of nitrogens with zero attached hydrogens (tertiary/aromatic N) is 6. The van der Waals surface area contributed by atoms with Crippen molar-refractivity contribution in [1.82, 2.24) is 10.9 Å². The zero-order valence-corrected chi connectivity index (χ0v) is 21.8. The molecular formula is C26H30N8O6. The predicted molar refractivity (Wildman–Crippen MR) is 150 cm³/mol. The fraction of sp³-hybridized carbons (Fsp3) is 0.385. The molecule has 2 heterocycles. The molecule has 4 rings (SSSR count). The maximum atomic E-state index is 12.1. The normalized spacial score (nSPS) is 15.8. The first-order chi connectivity index (χ1) is 19.3. The lowest BCUT2D eigenvalue weighted by Gasteiger charge is -2.28. The number of carbonyl (C=O) groups is 2. The van der Waals surface area contributed by atoms with E-state index in [0.717, 1.165) is 64.7 Å². The number of nitro groups is 2. The largest absolute Gasteiger partial charge is 0.366 e. The molecule has 0 spiro atoms. The summed E-state index contributed by atoms with van der Waals surface area (Å²) in [5.41, 5.74) is 5.79. The average molecular weight is 551 g/mol. The summed E-state index contributed by atoms with van der Waals surface area (Å²) in [6.45, 7) is 3.01. The number of hydrogen-bond acceptors (Lipinski definition) is 10. The highest BCUT2D eigenvalue weighted by Gasteiger charge is 2.23. The van der Waals surface area contributed by atoms with Crippen molar-refractivity contribution in [3.05, 3.63) is 67.8 Å². The number of amides is 2. The van der Waals surface area contributed by atoms with Crippen molar-refractivity contribution in [1.29, 1.82) is 0 Å². The van der Waals surface area contributed by atoms with Crippen LogP contribution in [0.1, 0.15) is 49.7 Å². The number of benzene rings is 2. The van der Waals surface area contributed by atoms with Gasteiger partial charge in [0.15, 0.2) is 0 Å². The van der Waals surface area contributed by atoms with E-state index in [9.17, 15) is 29.8 Å². The molecule has 210 valence electrons. The zero-order valence-electron chi connectivity index (χ0n) is 21.8. The topological polar surface area (TPSA) is 176 Å². The van der Waals surface area contributed by atoms with Crippen LogP contribution in [0, 0.1) is 20.2 Å². The summed E-state index contributed by atoms with van der Waals surface area (Å²) < 4.78 is 0. The van der Waals surface area contributed by atoms with Crippen LogP contribution in [-0.2, 0) is 9.59 Å². The first-order valence-electron chi connectivity index (χ1n) is 13.1. The van der Waals surface area contributed by atoms with Gasteiger partial charge in [-0.25, -0.2) is 10.9 Å². The molecule has 0 bridgehead atoms. The SMILES string of the molecule is O=C(N/N=C\c1ccc(N2CCCCC2)c([N+](=O)[O-])c1)C(=O)N/N=C/c1ccc(N2CCCCC2)c([N+](=O)[O-])c1. The Morgan fingerprint density at radius 3 is 1.40 bits per heavy atom. The van der Waals surface area contributed by atoms with Gasteiger partial charge in [0.2, 0.25) is 0 Å². The number of hydrogen-bond donors (Lipinski definition) is 2. The molecule has 0 aromatic heterocycles. The molecule has 2 fully saturated rings. The first-order valence-corrected chi connectivity index (χ1v) is 13.1. The Balaban J connectivity index is 1.33. The molecule has 40 heavy (non-hydrogen) atoms. The Morgan fingerprint density at radius 1 is 0.675 bits per heavy atom. The monoisotopic (exact) mass is 550 g/mol. The van der Waals surface area contributed by atoms with Gasteiger partial charge in [0, 0.05) is 49.4 Å². The third-order valence-electron chi connectivity index (χ3n) is 6.75. The summed E-state index contributed by atoms with van der Waals surface area (Å²) in [4.78, 5) is 50.3. The second-order valence-corrected chi connectivity index (χ2v) is 9.50. The van der Waals surface area contributed by atoms with Gasteiger partial charge in [-0.1, -0.05) is 12.1 Å². The minimum atomic E-state index is -1.11. The van der Waals surface area contributed by atoms with Crippen molar-refractivity contribution in [3.63, 3.8) is 0 Å². The molecule has 2 aliphatic rings. The highest BCUT2D eigenvalue weighted by molar-refractivity contribution is 6.35. The molecule has 0 saturated carbocycles. The molecule has 0 atom stereocenters. The van der Waals surface area contributed by atoms with E-state index in [-0.39, 0.29) is 11.4 Å². The Hall–Kier alpha value is -4.88. The van der Waals surface area contributed by atoms with Gasteiger partial charge in [-0.15, -0.1) is 0 Å². The van der Waals surface area contributed by atoms with Crippen LogP contribution in [-0.4, -0.2) is 60.3 Å². The molecule has 2 amide bonds. The van der Waals surface area contributed by atoms with Crippen LogP contribution in [0.15, 0.2) is 46.6 Å². The summed E-state index contributed by atoms with van der Waals surface area (Å²) in [6, 6.07) is 9.31. The van der Waals surface area contributed by atoms with Gasteiger partial charge in [-0.05, 0) is 50.7 Å². The Morgan fingerprint density at radius 2 is 1.05 bits per heavy atom. The van der Waals surface area contributed by atoms with Crippen molar-refractivity contribution in [2.45, 2.75) is 38.5 Å². The lowest BCUT2D eigenvalue weighted by molar-refractivity contribution is -0.384. The van der Waals surface area contributed by atoms with Crippen molar-refractivity contribution >= 4 is 47.0 Å². The number of nitrogens with one attached hydrogen (secondary N) is 2. The van der Waals surface area contributed by atoms with E-state index >= 15 is 0 Å². The summed E-state index contributed by atoms with van der Waals surface area (Å²) in [5, 5.41) is 30.6. The van der Waals surface area contributed by atoms with Crippen LogP contribution < -0.4 is 20.7 Å². The molecule has 0 radical (unpaired) electrons. The minimum Gasteiger partial charge on any atom is -0.366 e. The fourth-order valence-electron chi connectivity index (χ4n) is 4.77. The molecular weight excluding hydrogens is 520 g/mol. The number of anilines is 2. The van der Waals surface area contributed by atoms with Crippen LogP contribution in [0.5, 0.6) is 0 Å². The van der Waals surface area contributed by atoms with Crippen molar-refractivity contribution < 1.29 is 19.4 Å². The summed E-state index contributed by atoms with van der Waals surface area (Å²) >= 11 is 0. The molecule has 2 N–H and O–H groups in total. The van der Waals surface area contributed by atoms with Crippen LogP contribution in [0.2, 0.25) is 0 Å². The molecule has 0 unspecified atom stereocenters. The lowest BCUT2D eigenvalue weighted by atomic mass is 10.1. The molecule has 2 aromatic carbocycles.